The minimum atomic E-state index is -2.76. The van der Waals surface area contributed by atoms with Gasteiger partial charge in [0.05, 0.1) is 11.0 Å². The van der Waals surface area contributed by atoms with Crippen molar-refractivity contribution in [2.24, 2.45) is 0 Å². The van der Waals surface area contributed by atoms with Crippen molar-refractivity contribution in [2.45, 2.75) is 0 Å². The van der Waals surface area contributed by atoms with Gasteiger partial charge in [-0.2, -0.15) is 0 Å². The van der Waals surface area contributed by atoms with Crippen LogP contribution in [0.5, 0.6) is 5.75 Å². The van der Waals surface area contributed by atoms with Crippen LogP contribution in [0.25, 0.3) is 0 Å². The van der Waals surface area contributed by atoms with E-state index in [4.69, 9.17) is 11.6 Å². The molecule has 0 bridgehead atoms. The van der Waals surface area contributed by atoms with Gasteiger partial charge < -0.3 is 8.74 Å². The number of hydrogen-bond acceptors (Lipinski definition) is 5. The van der Waals surface area contributed by atoms with Crippen LogP contribution in [0, 0.1) is 10.1 Å². The largest absolute Gasteiger partial charge is 1.00 e. The molecule has 0 fully saturated rings. The summed E-state index contributed by atoms with van der Waals surface area (Å²) in [4.78, 5) is 9.64. The van der Waals surface area contributed by atoms with E-state index in [1.54, 1.807) is 0 Å². The van der Waals surface area contributed by atoms with Crippen LogP contribution in [0.15, 0.2) is 18.2 Å². The van der Waals surface area contributed by atoms with Crippen LogP contribution < -0.4 is 55.6 Å². The Hall–Kier alpha value is 0.456. The van der Waals surface area contributed by atoms with E-state index >= 15 is 0 Å². The third-order valence-electron chi connectivity index (χ3n) is 1.28. The molecule has 0 aliphatic carbocycles. The standard InChI is InChI=1S/C6H4ClNO5S.K/c7-5-2-1-4(13-14(11)12)3-6(5)8(9)10;/h1-3H,(H,11,12);/q;+1/p-1. The Morgan fingerprint density at radius 3 is 2.53 bits per heavy atom. The predicted molar refractivity (Wildman–Crippen MR) is 47.7 cm³/mol. The predicted octanol–water partition coefficient (Wildman–Crippen LogP) is -1.57. The van der Waals surface area contributed by atoms with E-state index in [0.717, 1.165) is 6.07 Å². The molecule has 0 spiro atoms. The first-order valence-electron chi connectivity index (χ1n) is 3.22. The average Bonchev–Trinajstić information content (AvgIpc) is 2.07. The van der Waals surface area contributed by atoms with Gasteiger partial charge in [-0.25, -0.2) is 4.21 Å². The molecule has 6 nitrogen and oxygen atoms in total. The van der Waals surface area contributed by atoms with Gasteiger partial charge in [0, 0.05) is 0 Å². The Balaban J connectivity index is 0.00000196. The van der Waals surface area contributed by atoms with E-state index in [1.807, 2.05) is 0 Å². The summed E-state index contributed by atoms with van der Waals surface area (Å²) in [5.41, 5.74) is -0.408. The molecule has 0 saturated carbocycles. The minimum absolute atomic E-state index is 0. The summed E-state index contributed by atoms with van der Waals surface area (Å²) in [5.74, 6) is -0.158. The summed E-state index contributed by atoms with van der Waals surface area (Å²) in [7, 11) is 0. The van der Waals surface area contributed by atoms with Crippen molar-refractivity contribution in [1.82, 2.24) is 0 Å². The van der Waals surface area contributed by atoms with Crippen molar-refractivity contribution in [3.05, 3.63) is 33.3 Å². The molecule has 1 unspecified atom stereocenters. The molecule has 0 amide bonds. The van der Waals surface area contributed by atoms with Crippen molar-refractivity contribution >= 4 is 28.6 Å². The topological polar surface area (TPSA) is 92.5 Å². The van der Waals surface area contributed by atoms with Gasteiger partial charge in [0.25, 0.3) is 5.69 Å². The second kappa shape index (κ2) is 6.91. The van der Waals surface area contributed by atoms with Crippen molar-refractivity contribution in [3.63, 3.8) is 0 Å². The SMILES string of the molecule is O=[N+]([O-])c1cc(OS(=O)[O-])ccc1Cl.[K+]. The number of nitro benzene ring substituents is 1. The number of nitrogens with zero attached hydrogens (tertiary/aromatic N) is 1. The summed E-state index contributed by atoms with van der Waals surface area (Å²) >= 11 is 2.72. The molecule has 15 heavy (non-hydrogen) atoms. The summed E-state index contributed by atoms with van der Waals surface area (Å²) in [6, 6.07) is 3.32. The van der Waals surface area contributed by atoms with Gasteiger partial charge in [-0.15, -0.1) is 0 Å². The fourth-order valence-electron chi connectivity index (χ4n) is 0.763. The smallest absolute Gasteiger partial charge is 0.740 e. The van der Waals surface area contributed by atoms with Crippen LogP contribution in [0.2, 0.25) is 5.02 Å². The maximum atomic E-state index is 10.4. The zero-order valence-corrected chi connectivity index (χ0v) is 12.2. The third kappa shape index (κ3) is 4.87. The zero-order chi connectivity index (χ0) is 10.7. The number of nitro groups is 1. The fourth-order valence-corrected chi connectivity index (χ4v) is 1.21. The molecule has 0 aliphatic rings. The number of hydrogen-bond donors (Lipinski definition) is 0. The first-order valence-corrected chi connectivity index (χ1v) is 4.60. The summed E-state index contributed by atoms with van der Waals surface area (Å²) < 4.78 is 24.4. The molecule has 0 aliphatic heterocycles. The Morgan fingerprint density at radius 2 is 2.07 bits per heavy atom. The normalized spacial score (nSPS) is 11.3. The van der Waals surface area contributed by atoms with E-state index in [9.17, 15) is 18.9 Å². The number of benzene rings is 1. The Morgan fingerprint density at radius 1 is 1.47 bits per heavy atom. The molecule has 0 heterocycles. The summed E-state index contributed by atoms with van der Waals surface area (Å²) in [6.45, 7) is 0. The molecule has 0 N–H and O–H groups in total. The molecular weight excluding hydrogens is 273 g/mol. The van der Waals surface area contributed by atoms with E-state index in [-0.39, 0.29) is 62.2 Å². The van der Waals surface area contributed by atoms with E-state index < -0.39 is 22.0 Å². The minimum Gasteiger partial charge on any atom is -0.740 e. The zero-order valence-electron chi connectivity index (χ0n) is 7.51. The molecule has 9 heteroatoms. The van der Waals surface area contributed by atoms with Crippen molar-refractivity contribution < 1.29 is 69.3 Å². The fraction of sp³-hybridized carbons (Fsp3) is 0. The van der Waals surface area contributed by atoms with Crippen LogP contribution in [-0.4, -0.2) is 13.7 Å². The monoisotopic (exact) mass is 275 g/mol. The quantitative estimate of drug-likeness (QED) is 0.287. The van der Waals surface area contributed by atoms with Crippen LogP contribution in [0.4, 0.5) is 5.69 Å². The molecule has 1 aromatic rings. The van der Waals surface area contributed by atoms with E-state index in [1.165, 1.54) is 12.1 Å². The van der Waals surface area contributed by atoms with Crippen molar-refractivity contribution in [1.29, 1.82) is 0 Å². The first kappa shape index (κ1) is 15.5. The Labute approximate surface area is 135 Å². The molecule has 0 aromatic heterocycles. The number of rotatable bonds is 3. The van der Waals surface area contributed by atoms with E-state index in [2.05, 4.69) is 4.18 Å². The molecule has 76 valence electrons. The molecule has 1 rings (SSSR count). The van der Waals surface area contributed by atoms with Gasteiger partial charge in [0.15, 0.2) is 0 Å². The van der Waals surface area contributed by atoms with Gasteiger partial charge in [0.2, 0.25) is 0 Å². The van der Waals surface area contributed by atoms with E-state index in [0.29, 0.717) is 0 Å². The van der Waals surface area contributed by atoms with Gasteiger partial charge in [-0.05, 0) is 12.1 Å². The summed E-state index contributed by atoms with van der Waals surface area (Å²) in [5, 5.41) is 10.3. The van der Waals surface area contributed by atoms with Crippen molar-refractivity contribution in [2.75, 3.05) is 0 Å². The van der Waals surface area contributed by atoms with Crippen LogP contribution in [-0.2, 0) is 11.4 Å². The van der Waals surface area contributed by atoms with Gasteiger partial charge in [-0.3, -0.25) is 10.1 Å². The maximum absolute atomic E-state index is 10.4. The average molecular weight is 276 g/mol. The second-order valence-electron chi connectivity index (χ2n) is 2.16. The molecule has 0 radical (unpaired) electrons. The molecule has 1 aromatic carbocycles. The van der Waals surface area contributed by atoms with Crippen molar-refractivity contribution in [3.8, 4) is 5.75 Å². The second-order valence-corrected chi connectivity index (χ2v) is 3.14. The van der Waals surface area contributed by atoms with Gasteiger partial charge in [-0.1, -0.05) is 11.6 Å². The van der Waals surface area contributed by atoms with Crippen LogP contribution in [0.3, 0.4) is 0 Å². The van der Waals surface area contributed by atoms with Crippen LogP contribution >= 0.6 is 11.6 Å². The Bertz CT molecular complexity index is 401. The first-order chi connectivity index (χ1) is 6.50. The van der Waals surface area contributed by atoms with Crippen LogP contribution in [0.1, 0.15) is 0 Å². The summed E-state index contributed by atoms with van der Waals surface area (Å²) in [6.07, 6.45) is 0. The maximum Gasteiger partial charge on any atom is 1.00 e. The van der Waals surface area contributed by atoms with Gasteiger partial charge in [0.1, 0.15) is 22.1 Å². The van der Waals surface area contributed by atoms with Gasteiger partial charge >= 0.3 is 51.4 Å². The third-order valence-corrected chi connectivity index (χ3v) is 1.93. The molecule has 1 atom stereocenters. The molecular formula is C6H3ClKNO5S. The number of halogens is 1. The molecule has 0 saturated heterocycles. The Kier molecular flexibility index (Phi) is 7.13.